The Hall–Kier alpha value is -1.78. The van der Waals surface area contributed by atoms with Gasteiger partial charge in [-0.1, -0.05) is 6.92 Å². The molecule has 5 heteroatoms. The molecule has 2 atom stereocenters. The van der Waals surface area contributed by atoms with Crippen LogP contribution in [0.2, 0.25) is 0 Å². The standard InChI is InChI=1S/C13H17N3O2/c1-8-3-5-15-11(7-8)14-16-6-4-10(17)9(2)12(16)13(15)18/h4,6,8,11,14H,3,5,7H2,1-2H3. The van der Waals surface area contributed by atoms with Crippen molar-refractivity contribution >= 4 is 5.91 Å². The smallest absolute Gasteiger partial charge is 0.274 e. The van der Waals surface area contributed by atoms with Crippen LogP contribution in [0.3, 0.4) is 0 Å². The van der Waals surface area contributed by atoms with Gasteiger partial charge < -0.3 is 10.3 Å². The van der Waals surface area contributed by atoms with Gasteiger partial charge in [0.25, 0.3) is 5.91 Å². The maximum Gasteiger partial charge on any atom is 0.274 e. The number of hydrogen-bond donors (Lipinski definition) is 1. The molecule has 1 aromatic rings. The topological polar surface area (TPSA) is 54.3 Å². The summed E-state index contributed by atoms with van der Waals surface area (Å²) in [6.07, 6.45) is 3.69. The molecule has 1 amide bonds. The Balaban J connectivity index is 2.08. The highest BCUT2D eigenvalue weighted by molar-refractivity contribution is 5.95. The molecule has 1 fully saturated rings. The first kappa shape index (κ1) is 11.3. The monoisotopic (exact) mass is 247 g/mol. The molecular weight excluding hydrogens is 230 g/mol. The van der Waals surface area contributed by atoms with E-state index in [0.29, 0.717) is 17.2 Å². The maximum atomic E-state index is 12.5. The van der Waals surface area contributed by atoms with Crippen molar-refractivity contribution < 1.29 is 4.79 Å². The molecule has 3 rings (SSSR count). The Bertz CT molecular complexity index is 564. The van der Waals surface area contributed by atoms with Crippen LogP contribution in [-0.4, -0.2) is 28.2 Å². The average Bonchev–Trinajstić information content (AvgIpc) is 2.33. The molecule has 3 heterocycles. The summed E-state index contributed by atoms with van der Waals surface area (Å²) in [5.74, 6) is 0.592. The summed E-state index contributed by atoms with van der Waals surface area (Å²) in [5.41, 5.74) is 4.23. The molecule has 0 saturated carbocycles. The van der Waals surface area contributed by atoms with Crippen molar-refractivity contribution in [3.63, 3.8) is 0 Å². The van der Waals surface area contributed by atoms with Crippen molar-refractivity contribution in [2.75, 3.05) is 12.0 Å². The third kappa shape index (κ3) is 1.54. The van der Waals surface area contributed by atoms with Crippen molar-refractivity contribution in [1.82, 2.24) is 9.58 Å². The minimum atomic E-state index is -0.0831. The third-order valence-electron chi connectivity index (χ3n) is 3.96. The van der Waals surface area contributed by atoms with Gasteiger partial charge in [0.2, 0.25) is 0 Å². The van der Waals surface area contributed by atoms with Gasteiger partial charge in [-0.15, -0.1) is 0 Å². The Morgan fingerprint density at radius 1 is 1.39 bits per heavy atom. The summed E-state index contributed by atoms with van der Waals surface area (Å²) in [6, 6.07) is 1.50. The fraction of sp³-hybridized carbons (Fsp3) is 0.538. The van der Waals surface area contributed by atoms with Crippen LogP contribution in [0.15, 0.2) is 17.1 Å². The lowest BCUT2D eigenvalue weighted by Crippen LogP contribution is -2.57. The summed E-state index contributed by atoms with van der Waals surface area (Å²) in [7, 11) is 0. The van der Waals surface area contributed by atoms with Gasteiger partial charge in [0.15, 0.2) is 5.43 Å². The molecular formula is C13H17N3O2. The summed E-state index contributed by atoms with van der Waals surface area (Å²) >= 11 is 0. The van der Waals surface area contributed by atoms with Gasteiger partial charge in [-0.2, -0.15) is 0 Å². The number of carbonyl (C=O) groups excluding carboxylic acids is 1. The van der Waals surface area contributed by atoms with Crippen LogP contribution in [0.25, 0.3) is 0 Å². The highest BCUT2D eigenvalue weighted by Crippen LogP contribution is 2.26. The minimum Gasteiger partial charge on any atom is -0.316 e. The molecule has 2 unspecified atom stereocenters. The number of amides is 1. The average molecular weight is 247 g/mol. The lowest BCUT2D eigenvalue weighted by molar-refractivity contribution is 0.0521. The zero-order valence-corrected chi connectivity index (χ0v) is 10.6. The van der Waals surface area contributed by atoms with E-state index in [1.54, 1.807) is 17.8 Å². The molecule has 1 saturated heterocycles. The van der Waals surface area contributed by atoms with Crippen LogP contribution < -0.4 is 10.9 Å². The number of carbonyl (C=O) groups is 1. The second-order valence-corrected chi connectivity index (χ2v) is 5.30. The molecule has 0 aliphatic carbocycles. The zero-order chi connectivity index (χ0) is 12.9. The summed E-state index contributed by atoms with van der Waals surface area (Å²) in [6.45, 7) is 4.68. The van der Waals surface area contributed by atoms with Crippen molar-refractivity contribution in [3.05, 3.63) is 33.7 Å². The molecule has 1 aromatic heterocycles. The first-order chi connectivity index (χ1) is 8.58. The van der Waals surface area contributed by atoms with E-state index in [4.69, 9.17) is 0 Å². The fourth-order valence-electron chi connectivity index (χ4n) is 2.81. The van der Waals surface area contributed by atoms with Gasteiger partial charge >= 0.3 is 0 Å². The third-order valence-corrected chi connectivity index (χ3v) is 3.96. The maximum absolute atomic E-state index is 12.5. The Morgan fingerprint density at radius 2 is 2.17 bits per heavy atom. The lowest BCUT2D eigenvalue weighted by Gasteiger charge is -2.43. The van der Waals surface area contributed by atoms with Gasteiger partial charge in [-0.05, 0) is 25.7 Å². The molecule has 1 N–H and O–H groups in total. The van der Waals surface area contributed by atoms with E-state index in [1.807, 2.05) is 4.90 Å². The van der Waals surface area contributed by atoms with E-state index in [-0.39, 0.29) is 17.5 Å². The quantitative estimate of drug-likeness (QED) is 0.741. The minimum absolute atomic E-state index is 0.0270. The van der Waals surface area contributed by atoms with Crippen LogP contribution >= 0.6 is 0 Å². The van der Waals surface area contributed by atoms with Gasteiger partial charge in [0.1, 0.15) is 11.9 Å². The number of nitrogens with zero attached hydrogens (tertiary/aromatic N) is 2. The number of piperidine rings is 1. The van der Waals surface area contributed by atoms with Crippen LogP contribution in [0.1, 0.15) is 35.8 Å². The molecule has 0 bridgehead atoms. The second kappa shape index (κ2) is 3.86. The van der Waals surface area contributed by atoms with Gasteiger partial charge in [-0.25, -0.2) is 0 Å². The van der Waals surface area contributed by atoms with Crippen LogP contribution in [0.5, 0.6) is 0 Å². The number of nitrogens with one attached hydrogen (secondary N) is 1. The molecule has 0 spiro atoms. The first-order valence-electron chi connectivity index (χ1n) is 6.37. The molecule has 2 aliphatic rings. The molecule has 0 aromatic carbocycles. The first-order valence-corrected chi connectivity index (χ1v) is 6.37. The van der Waals surface area contributed by atoms with Crippen LogP contribution in [0.4, 0.5) is 0 Å². The van der Waals surface area contributed by atoms with Crippen molar-refractivity contribution in [2.24, 2.45) is 5.92 Å². The van der Waals surface area contributed by atoms with E-state index in [0.717, 1.165) is 19.4 Å². The second-order valence-electron chi connectivity index (χ2n) is 5.30. The predicted octanol–water partition coefficient (Wildman–Crippen LogP) is 0.912. The van der Waals surface area contributed by atoms with Crippen molar-refractivity contribution in [3.8, 4) is 0 Å². The lowest BCUT2D eigenvalue weighted by atomic mass is 9.95. The SMILES string of the molecule is Cc1c2n(ccc1=O)NC1CC(C)CCN1C2=O. The highest BCUT2D eigenvalue weighted by Gasteiger charge is 2.36. The van der Waals surface area contributed by atoms with E-state index in [1.165, 1.54) is 6.07 Å². The zero-order valence-electron chi connectivity index (χ0n) is 10.6. The van der Waals surface area contributed by atoms with E-state index >= 15 is 0 Å². The van der Waals surface area contributed by atoms with Crippen LogP contribution in [-0.2, 0) is 0 Å². The van der Waals surface area contributed by atoms with E-state index in [2.05, 4.69) is 12.3 Å². The predicted molar refractivity (Wildman–Crippen MR) is 68.0 cm³/mol. The number of rotatable bonds is 0. The van der Waals surface area contributed by atoms with Crippen molar-refractivity contribution in [2.45, 2.75) is 32.9 Å². The summed E-state index contributed by atoms with van der Waals surface area (Å²) in [4.78, 5) is 25.9. The molecule has 2 aliphatic heterocycles. The number of fused-ring (bicyclic) bond motifs is 2. The van der Waals surface area contributed by atoms with E-state index < -0.39 is 0 Å². The Labute approximate surface area is 105 Å². The van der Waals surface area contributed by atoms with Gasteiger partial charge in [0.05, 0.1) is 0 Å². The molecule has 0 radical (unpaired) electrons. The van der Waals surface area contributed by atoms with Gasteiger partial charge in [-0.3, -0.25) is 14.3 Å². The van der Waals surface area contributed by atoms with E-state index in [9.17, 15) is 9.59 Å². The normalized spacial score (nSPS) is 26.3. The Morgan fingerprint density at radius 3 is 2.94 bits per heavy atom. The Kier molecular flexibility index (Phi) is 2.43. The number of aromatic nitrogens is 1. The summed E-state index contributed by atoms with van der Waals surface area (Å²) in [5, 5.41) is 0. The molecule has 18 heavy (non-hydrogen) atoms. The fourth-order valence-corrected chi connectivity index (χ4v) is 2.81. The largest absolute Gasteiger partial charge is 0.316 e. The van der Waals surface area contributed by atoms with Crippen LogP contribution in [0, 0.1) is 12.8 Å². The summed E-state index contributed by atoms with van der Waals surface area (Å²) < 4.78 is 1.71. The molecule has 5 nitrogen and oxygen atoms in total. The van der Waals surface area contributed by atoms with Gasteiger partial charge in [0, 0.05) is 24.4 Å². The number of hydrogen-bond acceptors (Lipinski definition) is 3. The molecule has 96 valence electrons. The van der Waals surface area contributed by atoms with Crippen molar-refractivity contribution in [1.29, 1.82) is 0 Å². The highest BCUT2D eigenvalue weighted by atomic mass is 16.2. The number of pyridine rings is 1.